The third-order valence-electron chi connectivity index (χ3n) is 8.48. The van der Waals surface area contributed by atoms with Crippen LogP contribution in [-0.4, -0.2) is 26.2 Å². The molecular formula is C38H22O8. The summed E-state index contributed by atoms with van der Waals surface area (Å²) < 4.78 is 22.7. The van der Waals surface area contributed by atoms with E-state index >= 15 is 0 Å². The van der Waals surface area contributed by atoms with Crippen molar-refractivity contribution >= 4 is 77.4 Å². The van der Waals surface area contributed by atoms with Crippen molar-refractivity contribution in [3.8, 4) is 11.1 Å². The number of para-hydroxylation sites is 2. The lowest BCUT2D eigenvalue weighted by Crippen LogP contribution is -2.07. The number of hydrogen-bond acceptors (Lipinski definition) is 8. The summed E-state index contributed by atoms with van der Waals surface area (Å²) in [6, 6.07) is 27.6. The van der Waals surface area contributed by atoms with Crippen LogP contribution in [-0.2, 0) is 9.47 Å². The summed E-state index contributed by atoms with van der Waals surface area (Å²) in [4.78, 5) is 53.7. The zero-order valence-electron chi connectivity index (χ0n) is 24.5. The third-order valence-corrected chi connectivity index (χ3v) is 8.48. The fourth-order valence-corrected chi connectivity index (χ4v) is 6.32. The largest absolute Gasteiger partial charge is 0.465 e. The summed E-state index contributed by atoms with van der Waals surface area (Å²) in [6.07, 6.45) is 0. The van der Waals surface area contributed by atoms with Gasteiger partial charge in [0.2, 0.25) is 10.9 Å². The van der Waals surface area contributed by atoms with E-state index in [-0.39, 0.29) is 33.0 Å². The van der Waals surface area contributed by atoms with Gasteiger partial charge in [-0.25, -0.2) is 9.59 Å². The van der Waals surface area contributed by atoms with Crippen LogP contribution in [0.25, 0.3) is 76.5 Å². The zero-order chi connectivity index (χ0) is 31.7. The quantitative estimate of drug-likeness (QED) is 0.114. The number of rotatable bonds is 3. The summed E-state index contributed by atoms with van der Waals surface area (Å²) in [5, 5.41) is 3.50. The van der Waals surface area contributed by atoms with Gasteiger partial charge >= 0.3 is 11.9 Å². The van der Waals surface area contributed by atoms with Gasteiger partial charge in [0.1, 0.15) is 22.3 Å². The lowest BCUT2D eigenvalue weighted by molar-refractivity contribution is 0.0593. The Morgan fingerprint density at radius 2 is 1.24 bits per heavy atom. The molecule has 6 aromatic carbocycles. The third kappa shape index (κ3) is 3.93. The standard InChI is InChI=1S/C38H22O8/c1-43-37(41)20-12-11-19-15-26(36-33(25(19)16-20)35(40)24-8-4-6-10-30(24)46-36)21-17-27-22(28(18-21)38(42)44-2)13-14-31-32(27)34(39)23-7-3-5-9-29(23)45-31/h3-18H,1-2H3. The van der Waals surface area contributed by atoms with Gasteiger partial charge in [0.05, 0.1) is 46.9 Å². The van der Waals surface area contributed by atoms with E-state index < -0.39 is 11.9 Å². The van der Waals surface area contributed by atoms with Gasteiger partial charge in [0.15, 0.2) is 0 Å². The zero-order valence-corrected chi connectivity index (χ0v) is 24.5. The SMILES string of the molecule is COC(=O)c1ccc2cc(-c3cc(C(=O)OC)c4ccc5oc6ccccc6c(=O)c5c4c3)c3oc4ccccc4c(=O)c3c2c1. The first-order chi connectivity index (χ1) is 22.4. The lowest BCUT2D eigenvalue weighted by Gasteiger charge is -2.15. The van der Waals surface area contributed by atoms with Crippen LogP contribution < -0.4 is 10.9 Å². The second kappa shape index (κ2) is 10.1. The van der Waals surface area contributed by atoms with Crippen molar-refractivity contribution in [3.63, 3.8) is 0 Å². The van der Waals surface area contributed by atoms with Crippen molar-refractivity contribution in [3.05, 3.63) is 129 Å². The Labute approximate surface area is 259 Å². The van der Waals surface area contributed by atoms with E-state index in [9.17, 15) is 19.2 Å². The molecule has 2 aromatic heterocycles. The molecule has 0 N–H and O–H groups in total. The van der Waals surface area contributed by atoms with Gasteiger partial charge in [-0.1, -0.05) is 30.3 Å². The van der Waals surface area contributed by atoms with Crippen molar-refractivity contribution in [1.29, 1.82) is 0 Å². The lowest BCUT2D eigenvalue weighted by atomic mass is 9.91. The molecule has 0 saturated heterocycles. The van der Waals surface area contributed by atoms with Crippen molar-refractivity contribution in [2.75, 3.05) is 14.2 Å². The second-order valence-electron chi connectivity index (χ2n) is 11.0. The Hall–Kier alpha value is -6.28. The maximum Gasteiger partial charge on any atom is 0.338 e. The molecule has 0 saturated carbocycles. The normalized spacial score (nSPS) is 11.6. The maximum atomic E-state index is 14.1. The van der Waals surface area contributed by atoms with Gasteiger partial charge in [-0.05, 0) is 93.8 Å². The van der Waals surface area contributed by atoms with Gasteiger partial charge in [-0.15, -0.1) is 0 Å². The van der Waals surface area contributed by atoms with Crippen LogP contribution in [0, 0.1) is 0 Å². The molecule has 0 aliphatic heterocycles. The topological polar surface area (TPSA) is 113 Å². The molecule has 0 spiro atoms. The van der Waals surface area contributed by atoms with Gasteiger partial charge in [-0.2, -0.15) is 0 Å². The van der Waals surface area contributed by atoms with E-state index in [0.717, 1.165) is 0 Å². The van der Waals surface area contributed by atoms with Crippen LogP contribution in [0.2, 0.25) is 0 Å². The van der Waals surface area contributed by atoms with Crippen LogP contribution in [0.4, 0.5) is 0 Å². The van der Waals surface area contributed by atoms with E-state index in [2.05, 4.69) is 0 Å². The Bertz CT molecular complexity index is 2750. The maximum absolute atomic E-state index is 14.1. The molecule has 0 aliphatic rings. The molecule has 2 heterocycles. The number of carbonyl (C=O) groups excluding carboxylic acids is 2. The minimum Gasteiger partial charge on any atom is -0.465 e. The van der Waals surface area contributed by atoms with Gasteiger partial charge in [0, 0.05) is 5.56 Å². The Morgan fingerprint density at radius 1 is 0.565 bits per heavy atom. The van der Waals surface area contributed by atoms with Crippen LogP contribution in [0.15, 0.2) is 115 Å². The van der Waals surface area contributed by atoms with E-state index in [1.165, 1.54) is 14.2 Å². The van der Waals surface area contributed by atoms with Gasteiger partial charge in [0.25, 0.3) is 0 Å². The molecule has 0 radical (unpaired) electrons. The molecule has 222 valence electrons. The van der Waals surface area contributed by atoms with Crippen LogP contribution in [0.3, 0.4) is 0 Å². The molecule has 0 aliphatic carbocycles. The molecule has 0 amide bonds. The van der Waals surface area contributed by atoms with Crippen molar-refractivity contribution in [2.24, 2.45) is 0 Å². The molecule has 0 fully saturated rings. The van der Waals surface area contributed by atoms with E-state index in [0.29, 0.717) is 65.6 Å². The van der Waals surface area contributed by atoms with Crippen molar-refractivity contribution < 1.29 is 27.9 Å². The summed E-state index contributed by atoms with van der Waals surface area (Å²) in [5.74, 6) is -1.14. The minimum absolute atomic E-state index is 0.224. The second-order valence-corrected chi connectivity index (χ2v) is 11.0. The summed E-state index contributed by atoms with van der Waals surface area (Å²) >= 11 is 0. The molecule has 0 atom stereocenters. The molecular weight excluding hydrogens is 584 g/mol. The molecule has 0 unspecified atom stereocenters. The average Bonchev–Trinajstić information content (AvgIpc) is 3.09. The molecule has 8 rings (SSSR count). The summed E-state index contributed by atoms with van der Waals surface area (Å²) in [5.41, 5.74) is 2.43. The molecule has 0 bridgehead atoms. The number of carbonyl (C=O) groups is 2. The average molecular weight is 607 g/mol. The van der Waals surface area contributed by atoms with Gasteiger partial charge < -0.3 is 18.3 Å². The van der Waals surface area contributed by atoms with Crippen LogP contribution in [0.5, 0.6) is 0 Å². The molecule has 8 nitrogen and oxygen atoms in total. The number of ether oxygens (including phenoxy) is 2. The first-order valence-corrected chi connectivity index (χ1v) is 14.4. The summed E-state index contributed by atoms with van der Waals surface area (Å²) in [6.45, 7) is 0. The van der Waals surface area contributed by atoms with Crippen molar-refractivity contribution in [2.45, 2.75) is 0 Å². The predicted octanol–water partition coefficient (Wildman–Crippen LogP) is 7.75. The number of fused-ring (bicyclic) bond motifs is 8. The highest BCUT2D eigenvalue weighted by molar-refractivity contribution is 6.19. The van der Waals surface area contributed by atoms with E-state index in [1.807, 2.05) is 6.07 Å². The fraction of sp³-hybridized carbons (Fsp3) is 0.0526. The number of esters is 2. The Balaban J connectivity index is 1.56. The smallest absolute Gasteiger partial charge is 0.338 e. The molecule has 8 heteroatoms. The minimum atomic E-state index is -0.601. The van der Waals surface area contributed by atoms with E-state index in [4.69, 9.17) is 18.3 Å². The molecule has 8 aromatic rings. The number of hydrogen-bond donors (Lipinski definition) is 0. The summed E-state index contributed by atoms with van der Waals surface area (Å²) in [7, 11) is 2.58. The monoisotopic (exact) mass is 606 g/mol. The van der Waals surface area contributed by atoms with Crippen LogP contribution in [0.1, 0.15) is 20.7 Å². The first-order valence-electron chi connectivity index (χ1n) is 14.4. The highest BCUT2D eigenvalue weighted by Gasteiger charge is 2.22. The van der Waals surface area contributed by atoms with Crippen molar-refractivity contribution in [1.82, 2.24) is 0 Å². The molecule has 46 heavy (non-hydrogen) atoms. The Morgan fingerprint density at radius 3 is 1.96 bits per heavy atom. The predicted molar refractivity (Wildman–Crippen MR) is 177 cm³/mol. The highest BCUT2D eigenvalue weighted by atomic mass is 16.5. The van der Waals surface area contributed by atoms with E-state index in [1.54, 1.807) is 91.0 Å². The van der Waals surface area contributed by atoms with Crippen LogP contribution >= 0.6 is 0 Å². The van der Waals surface area contributed by atoms with Gasteiger partial charge in [-0.3, -0.25) is 9.59 Å². The Kier molecular flexibility index (Phi) is 6.01. The fourth-order valence-electron chi connectivity index (χ4n) is 6.32. The number of methoxy groups -OCH3 is 2. The first kappa shape index (κ1) is 27.3. The number of benzene rings is 6. The highest BCUT2D eigenvalue weighted by Crippen LogP contribution is 2.39.